The number of hydrogen-bond acceptors (Lipinski definition) is 5. The number of nitrogens with zero attached hydrogens (tertiary/aromatic N) is 1. The third kappa shape index (κ3) is 1.97. The maximum absolute atomic E-state index is 11.3. The summed E-state index contributed by atoms with van der Waals surface area (Å²) in [5, 5.41) is 22.1. The zero-order valence-corrected chi connectivity index (χ0v) is 18.7. The van der Waals surface area contributed by atoms with Crippen LogP contribution in [0.3, 0.4) is 0 Å². The molecule has 2 spiro atoms. The van der Waals surface area contributed by atoms with Crippen molar-refractivity contribution in [3.8, 4) is 11.5 Å². The van der Waals surface area contributed by atoms with Gasteiger partial charge in [-0.15, -0.1) is 0 Å². The summed E-state index contributed by atoms with van der Waals surface area (Å²) in [7, 11) is 1.76. The van der Waals surface area contributed by atoms with E-state index in [1.165, 1.54) is 30.5 Å². The van der Waals surface area contributed by atoms with Gasteiger partial charge in [-0.3, -0.25) is 4.90 Å². The van der Waals surface area contributed by atoms with Gasteiger partial charge in [-0.1, -0.05) is 18.2 Å². The van der Waals surface area contributed by atoms with Gasteiger partial charge in [0.2, 0.25) is 0 Å². The van der Waals surface area contributed by atoms with Crippen molar-refractivity contribution in [2.45, 2.75) is 74.7 Å². The molecule has 166 valence electrons. The molecule has 8 rings (SSSR count). The number of piperidine rings is 1. The molecule has 5 aliphatic carbocycles. The van der Waals surface area contributed by atoms with Gasteiger partial charge < -0.3 is 19.7 Å². The van der Waals surface area contributed by atoms with Gasteiger partial charge >= 0.3 is 0 Å². The highest BCUT2D eigenvalue weighted by Crippen LogP contribution is 2.75. The highest BCUT2D eigenvalue weighted by molar-refractivity contribution is 5.65. The number of likely N-dealkylation sites (tertiary alicyclic amines) is 1. The van der Waals surface area contributed by atoms with Crippen LogP contribution < -0.4 is 4.74 Å². The monoisotopic (exact) mass is 423 g/mol. The van der Waals surface area contributed by atoms with E-state index in [0.29, 0.717) is 11.8 Å². The van der Waals surface area contributed by atoms with E-state index in [1.54, 1.807) is 7.11 Å². The average Bonchev–Trinajstić information content (AvgIpc) is 3.47. The summed E-state index contributed by atoms with van der Waals surface area (Å²) in [5.74, 6) is 1.68. The number of hydrogen-bond donors (Lipinski definition) is 2. The molecule has 2 saturated carbocycles. The molecule has 0 radical (unpaired) electrons. The van der Waals surface area contributed by atoms with Gasteiger partial charge in [0.05, 0.1) is 11.0 Å². The molecule has 3 fully saturated rings. The molecule has 2 unspecified atom stereocenters. The first-order valence-electron chi connectivity index (χ1n) is 12.0. The minimum Gasteiger partial charge on any atom is -0.504 e. The molecule has 31 heavy (non-hydrogen) atoms. The molecule has 0 aromatic heterocycles. The van der Waals surface area contributed by atoms with E-state index >= 15 is 0 Å². The summed E-state index contributed by atoms with van der Waals surface area (Å²) in [6.45, 7) is 6.09. The molecule has 4 bridgehead atoms. The molecule has 5 nitrogen and oxygen atoms in total. The Balaban J connectivity index is 1.51. The van der Waals surface area contributed by atoms with Crippen molar-refractivity contribution in [3.63, 3.8) is 0 Å². The van der Waals surface area contributed by atoms with Gasteiger partial charge in [-0.2, -0.15) is 0 Å². The van der Waals surface area contributed by atoms with E-state index in [2.05, 4.69) is 23.1 Å². The number of methoxy groups -OCH3 is 1. The standard InChI is InChI=1S/C26H33NO4/c1-23(2,29)18-13-24-8-9-26(18,30-3)22-25(24)10-11-27(14-15-4-5-15)19(24)12-16-6-7-17(28)21(31-22)20(16)25/h6-9,15,18-19,22,28-29H,4-5,10-14H2,1-3H3/t18-,19-,22?,24?,25+,26+/m1/s1. The molecular formula is C26H33NO4. The molecule has 6 atom stereocenters. The first kappa shape index (κ1) is 19.0. The van der Waals surface area contributed by atoms with E-state index in [1.807, 2.05) is 19.9 Å². The van der Waals surface area contributed by atoms with Crippen LogP contribution in [-0.4, -0.2) is 58.7 Å². The Morgan fingerprint density at radius 2 is 2.06 bits per heavy atom. The van der Waals surface area contributed by atoms with E-state index in [4.69, 9.17) is 9.47 Å². The third-order valence-electron chi connectivity index (χ3n) is 9.96. The van der Waals surface area contributed by atoms with Crippen LogP contribution in [0.15, 0.2) is 24.3 Å². The van der Waals surface area contributed by atoms with E-state index < -0.39 is 11.2 Å². The highest BCUT2D eigenvalue weighted by atomic mass is 16.6. The van der Waals surface area contributed by atoms with Crippen LogP contribution in [0.1, 0.15) is 50.7 Å². The van der Waals surface area contributed by atoms with Crippen molar-refractivity contribution < 1.29 is 19.7 Å². The van der Waals surface area contributed by atoms with Crippen LogP contribution in [0, 0.1) is 17.3 Å². The molecule has 2 aliphatic heterocycles. The third-order valence-corrected chi connectivity index (χ3v) is 9.96. The molecule has 2 N–H and O–H groups in total. The Morgan fingerprint density at radius 1 is 1.26 bits per heavy atom. The van der Waals surface area contributed by atoms with Crippen LogP contribution in [0.5, 0.6) is 11.5 Å². The predicted molar refractivity (Wildman–Crippen MR) is 116 cm³/mol. The van der Waals surface area contributed by atoms with Crippen molar-refractivity contribution in [1.29, 1.82) is 0 Å². The summed E-state index contributed by atoms with van der Waals surface area (Å²) in [6.07, 6.45) is 10.0. The van der Waals surface area contributed by atoms with Crippen LogP contribution in [0.4, 0.5) is 0 Å². The van der Waals surface area contributed by atoms with Crippen molar-refractivity contribution >= 4 is 0 Å². The molecule has 0 amide bonds. The van der Waals surface area contributed by atoms with Crippen LogP contribution in [0.25, 0.3) is 0 Å². The average molecular weight is 424 g/mol. The molecule has 2 heterocycles. The minimum atomic E-state index is -0.897. The smallest absolute Gasteiger partial charge is 0.165 e. The van der Waals surface area contributed by atoms with Crippen molar-refractivity contribution in [2.24, 2.45) is 17.3 Å². The van der Waals surface area contributed by atoms with Gasteiger partial charge in [0.1, 0.15) is 11.7 Å². The van der Waals surface area contributed by atoms with Gasteiger partial charge in [0, 0.05) is 36.6 Å². The van der Waals surface area contributed by atoms with Crippen LogP contribution >= 0.6 is 0 Å². The van der Waals surface area contributed by atoms with Gasteiger partial charge in [-0.05, 0) is 70.0 Å². The second kappa shape index (κ2) is 5.49. The van der Waals surface area contributed by atoms with E-state index in [0.717, 1.165) is 31.7 Å². The first-order valence-corrected chi connectivity index (χ1v) is 12.0. The zero-order valence-electron chi connectivity index (χ0n) is 18.7. The number of benzene rings is 1. The molecule has 1 aromatic carbocycles. The summed E-state index contributed by atoms with van der Waals surface area (Å²) in [4.78, 5) is 2.75. The Bertz CT molecular complexity index is 1010. The lowest BCUT2D eigenvalue weighted by atomic mass is 9.36. The van der Waals surface area contributed by atoms with Crippen LogP contribution in [-0.2, 0) is 16.6 Å². The number of fused-ring (bicyclic) bond motifs is 1. The summed E-state index contributed by atoms with van der Waals surface area (Å²) in [6, 6.07) is 4.33. The normalized spacial score (nSPS) is 44.3. The van der Waals surface area contributed by atoms with Crippen molar-refractivity contribution in [2.75, 3.05) is 20.2 Å². The van der Waals surface area contributed by atoms with Crippen molar-refractivity contribution in [1.82, 2.24) is 4.90 Å². The minimum absolute atomic E-state index is 0.0745. The number of rotatable bonds is 4. The SMILES string of the molecule is CO[C@@]12C=CC3(C[C@@H]1C(C)(C)O)[C@H]1Cc4ccc(O)c5c4[C@@]3(CCN1CC1CC1)C2O5. The van der Waals surface area contributed by atoms with Gasteiger partial charge in [-0.25, -0.2) is 0 Å². The number of phenolic OH excluding ortho intramolecular Hbond substituents is 1. The number of aliphatic hydroxyl groups is 1. The zero-order chi connectivity index (χ0) is 21.4. The maximum atomic E-state index is 11.3. The number of aromatic hydroxyl groups is 1. The lowest BCUT2D eigenvalue weighted by molar-refractivity contribution is -0.245. The largest absolute Gasteiger partial charge is 0.504 e. The Kier molecular flexibility index (Phi) is 3.36. The lowest BCUT2D eigenvalue weighted by Gasteiger charge is -2.72. The number of phenols is 1. The fourth-order valence-electron chi connectivity index (χ4n) is 8.58. The Hall–Kier alpha value is -1.56. The van der Waals surface area contributed by atoms with E-state index in [9.17, 15) is 10.2 Å². The fraction of sp³-hybridized carbons (Fsp3) is 0.692. The predicted octanol–water partition coefficient (Wildman–Crippen LogP) is 3.16. The Labute approximate surface area is 184 Å². The quantitative estimate of drug-likeness (QED) is 0.729. The topological polar surface area (TPSA) is 62.2 Å². The fourth-order valence-corrected chi connectivity index (χ4v) is 8.58. The summed E-state index contributed by atoms with van der Waals surface area (Å²) < 4.78 is 13.1. The Morgan fingerprint density at radius 3 is 2.77 bits per heavy atom. The molecular weight excluding hydrogens is 390 g/mol. The maximum Gasteiger partial charge on any atom is 0.165 e. The van der Waals surface area contributed by atoms with Gasteiger partial charge in [0.25, 0.3) is 0 Å². The summed E-state index contributed by atoms with van der Waals surface area (Å²) >= 11 is 0. The summed E-state index contributed by atoms with van der Waals surface area (Å²) in [5.41, 5.74) is 0.654. The molecule has 7 aliphatic rings. The highest BCUT2D eigenvalue weighted by Gasteiger charge is 2.80. The van der Waals surface area contributed by atoms with Crippen LogP contribution in [0.2, 0.25) is 0 Å². The lowest BCUT2D eigenvalue weighted by Crippen LogP contribution is -2.80. The van der Waals surface area contributed by atoms with Gasteiger partial charge in [0.15, 0.2) is 11.5 Å². The second-order valence-corrected chi connectivity index (χ2v) is 11.7. The molecule has 1 saturated heterocycles. The second-order valence-electron chi connectivity index (χ2n) is 11.7. The molecule has 1 aromatic rings. The number of ether oxygens (including phenoxy) is 2. The molecule has 5 heteroatoms. The van der Waals surface area contributed by atoms with E-state index in [-0.39, 0.29) is 28.6 Å². The first-order chi connectivity index (χ1) is 14.8. The van der Waals surface area contributed by atoms with Crippen molar-refractivity contribution in [3.05, 3.63) is 35.4 Å².